The van der Waals surface area contributed by atoms with E-state index in [9.17, 15) is 9.59 Å². The van der Waals surface area contributed by atoms with Crippen LogP contribution in [0.2, 0.25) is 5.15 Å². The average Bonchev–Trinajstić information content (AvgIpc) is 2.92. The van der Waals surface area contributed by atoms with Crippen molar-refractivity contribution in [2.45, 2.75) is 27.2 Å². The van der Waals surface area contributed by atoms with Gasteiger partial charge < -0.3 is 10.6 Å². The van der Waals surface area contributed by atoms with Gasteiger partial charge in [0.1, 0.15) is 5.15 Å². The first-order valence-corrected chi connectivity index (χ1v) is 10.1. The summed E-state index contributed by atoms with van der Waals surface area (Å²) in [4.78, 5) is 28.8. The molecule has 1 heterocycles. The fraction of sp³-hybridized carbons (Fsp3) is 0.208. The SMILES string of the molecule is Cc1ccc(NC(=O)c2ccnc(Cl)c2)cc1Nc1ccc2c(c1)CC(C)(C)C2=O. The van der Waals surface area contributed by atoms with Gasteiger partial charge in [0.2, 0.25) is 0 Å². The van der Waals surface area contributed by atoms with Gasteiger partial charge in [-0.25, -0.2) is 4.98 Å². The number of rotatable bonds is 4. The van der Waals surface area contributed by atoms with Crippen LogP contribution < -0.4 is 10.6 Å². The molecule has 0 atom stereocenters. The largest absolute Gasteiger partial charge is 0.355 e. The maximum Gasteiger partial charge on any atom is 0.255 e. The molecule has 0 unspecified atom stereocenters. The predicted molar refractivity (Wildman–Crippen MR) is 120 cm³/mol. The lowest BCUT2D eigenvalue weighted by molar-refractivity contribution is 0.0863. The van der Waals surface area contributed by atoms with E-state index in [2.05, 4.69) is 15.6 Å². The number of hydrogen-bond donors (Lipinski definition) is 2. The minimum absolute atomic E-state index is 0.196. The number of carbonyl (C=O) groups is 2. The van der Waals surface area contributed by atoms with E-state index < -0.39 is 0 Å². The first-order valence-electron chi connectivity index (χ1n) is 9.71. The number of carbonyl (C=O) groups excluding carboxylic acids is 2. The maximum absolute atomic E-state index is 12.5. The molecule has 0 saturated carbocycles. The molecule has 1 amide bonds. The molecule has 3 aromatic rings. The number of halogens is 1. The predicted octanol–water partition coefficient (Wildman–Crippen LogP) is 5.80. The molecule has 1 aliphatic carbocycles. The van der Waals surface area contributed by atoms with Crippen LogP contribution in [0.3, 0.4) is 0 Å². The molecule has 0 radical (unpaired) electrons. The molecule has 30 heavy (non-hydrogen) atoms. The van der Waals surface area contributed by atoms with Crippen molar-refractivity contribution >= 4 is 40.4 Å². The van der Waals surface area contributed by atoms with Gasteiger partial charge in [-0.3, -0.25) is 9.59 Å². The van der Waals surface area contributed by atoms with Crippen molar-refractivity contribution in [2.75, 3.05) is 10.6 Å². The smallest absolute Gasteiger partial charge is 0.255 e. The first kappa shape index (κ1) is 20.1. The van der Waals surface area contributed by atoms with Crippen LogP contribution in [0.25, 0.3) is 0 Å². The Morgan fingerprint density at radius 2 is 1.83 bits per heavy atom. The highest BCUT2D eigenvalue weighted by Crippen LogP contribution is 2.38. The van der Waals surface area contributed by atoms with Gasteiger partial charge >= 0.3 is 0 Å². The molecule has 152 valence electrons. The van der Waals surface area contributed by atoms with Gasteiger partial charge in [0.25, 0.3) is 5.91 Å². The number of hydrogen-bond acceptors (Lipinski definition) is 4. The van der Waals surface area contributed by atoms with E-state index in [-0.39, 0.29) is 22.3 Å². The molecule has 0 saturated heterocycles. The number of pyridine rings is 1. The first-order chi connectivity index (χ1) is 14.2. The quantitative estimate of drug-likeness (QED) is 0.524. The van der Waals surface area contributed by atoms with E-state index >= 15 is 0 Å². The third-order valence-corrected chi connectivity index (χ3v) is 5.57. The van der Waals surface area contributed by atoms with Crippen LogP contribution in [0, 0.1) is 12.3 Å². The zero-order valence-corrected chi connectivity index (χ0v) is 17.8. The second-order valence-electron chi connectivity index (χ2n) is 8.24. The van der Waals surface area contributed by atoms with E-state index in [0.717, 1.165) is 34.5 Å². The maximum atomic E-state index is 12.5. The minimum Gasteiger partial charge on any atom is -0.355 e. The van der Waals surface area contributed by atoms with Gasteiger partial charge in [0.05, 0.1) is 0 Å². The normalized spacial score (nSPS) is 14.3. The zero-order chi connectivity index (χ0) is 21.5. The van der Waals surface area contributed by atoms with Crippen molar-refractivity contribution in [3.8, 4) is 0 Å². The summed E-state index contributed by atoms with van der Waals surface area (Å²) in [5, 5.41) is 6.57. The Bertz CT molecular complexity index is 1170. The van der Waals surface area contributed by atoms with Crippen molar-refractivity contribution in [2.24, 2.45) is 5.41 Å². The van der Waals surface area contributed by atoms with Gasteiger partial charge in [-0.05, 0) is 66.9 Å². The summed E-state index contributed by atoms with van der Waals surface area (Å²) in [7, 11) is 0. The number of benzene rings is 2. The number of anilines is 3. The second-order valence-corrected chi connectivity index (χ2v) is 8.63. The summed E-state index contributed by atoms with van der Waals surface area (Å²) < 4.78 is 0. The number of nitrogens with one attached hydrogen (secondary N) is 2. The monoisotopic (exact) mass is 419 g/mol. The molecular formula is C24H22ClN3O2. The molecule has 2 N–H and O–H groups in total. The van der Waals surface area contributed by atoms with Crippen LogP contribution in [0.4, 0.5) is 17.1 Å². The van der Waals surface area contributed by atoms with Crippen LogP contribution in [0.15, 0.2) is 54.7 Å². The highest BCUT2D eigenvalue weighted by Gasteiger charge is 2.37. The molecule has 0 aliphatic heterocycles. The Labute approximate surface area is 180 Å². The average molecular weight is 420 g/mol. The molecule has 6 heteroatoms. The molecule has 5 nitrogen and oxygen atoms in total. The Morgan fingerprint density at radius 1 is 1.07 bits per heavy atom. The van der Waals surface area contributed by atoms with E-state index in [4.69, 9.17) is 11.6 Å². The van der Waals surface area contributed by atoms with Crippen molar-refractivity contribution < 1.29 is 9.59 Å². The van der Waals surface area contributed by atoms with Crippen molar-refractivity contribution in [3.05, 3.63) is 82.1 Å². The lowest BCUT2D eigenvalue weighted by Gasteiger charge is -2.14. The number of nitrogens with zero attached hydrogens (tertiary/aromatic N) is 1. The molecule has 0 fully saturated rings. The molecule has 4 rings (SSSR count). The van der Waals surface area contributed by atoms with Gasteiger partial charge in [0, 0.05) is 39.8 Å². The fourth-order valence-electron chi connectivity index (χ4n) is 3.70. The van der Waals surface area contributed by atoms with Gasteiger partial charge in [0.15, 0.2) is 5.78 Å². The number of ketones is 1. The lowest BCUT2D eigenvalue weighted by Crippen LogP contribution is -2.18. The molecule has 0 bridgehead atoms. The van der Waals surface area contributed by atoms with E-state index in [1.54, 1.807) is 6.07 Å². The summed E-state index contributed by atoms with van der Waals surface area (Å²) in [5.74, 6) is -0.0615. The third-order valence-electron chi connectivity index (χ3n) is 5.36. The Kier molecular flexibility index (Phi) is 5.08. The molecule has 2 aromatic carbocycles. The van der Waals surface area contributed by atoms with Crippen LogP contribution in [0.5, 0.6) is 0 Å². The van der Waals surface area contributed by atoms with Crippen molar-refractivity contribution in [1.82, 2.24) is 4.98 Å². The van der Waals surface area contributed by atoms with Gasteiger partial charge in [-0.1, -0.05) is 31.5 Å². The fourth-order valence-corrected chi connectivity index (χ4v) is 3.87. The van der Waals surface area contributed by atoms with Crippen molar-refractivity contribution in [1.29, 1.82) is 0 Å². The van der Waals surface area contributed by atoms with Gasteiger partial charge in [-0.2, -0.15) is 0 Å². The van der Waals surface area contributed by atoms with Crippen LogP contribution in [-0.4, -0.2) is 16.7 Å². The van der Waals surface area contributed by atoms with Crippen LogP contribution in [-0.2, 0) is 6.42 Å². The minimum atomic E-state index is -0.350. The number of amides is 1. The van der Waals surface area contributed by atoms with E-state index in [1.165, 1.54) is 12.3 Å². The highest BCUT2D eigenvalue weighted by atomic mass is 35.5. The Hall–Kier alpha value is -3.18. The third kappa shape index (κ3) is 3.94. The molecule has 0 spiro atoms. The van der Waals surface area contributed by atoms with E-state index in [0.29, 0.717) is 11.3 Å². The molecule has 1 aliphatic rings. The summed E-state index contributed by atoms with van der Waals surface area (Å²) in [6, 6.07) is 14.7. The topological polar surface area (TPSA) is 71.1 Å². The van der Waals surface area contributed by atoms with Crippen LogP contribution in [0.1, 0.15) is 45.7 Å². The summed E-state index contributed by atoms with van der Waals surface area (Å²) >= 11 is 5.87. The lowest BCUT2D eigenvalue weighted by atomic mass is 9.89. The number of aromatic nitrogens is 1. The summed E-state index contributed by atoms with van der Waals surface area (Å²) in [6.45, 7) is 5.96. The molecular weight excluding hydrogens is 398 g/mol. The van der Waals surface area contributed by atoms with Gasteiger partial charge in [-0.15, -0.1) is 0 Å². The Balaban J connectivity index is 1.55. The zero-order valence-electron chi connectivity index (χ0n) is 17.0. The second kappa shape index (κ2) is 7.58. The standard InChI is InChI=1S/C24H22ClN3O2/c1-14-4-5-18(28-23(30)15-8-9-26-21(25)11-15)12-20(14)27-17-6-7-19-16(10-17)13-24(2,3)22(19)29/h4-12,27H,13H2,1-3H3,(H,28,30). The molecule has 1 aromatic heterocycles. The Morgan fingerprint density at radius 3 is 2.60 bits per heavy atom. The van der Waals surface area contributed by atoms with Crippen molar-refractivity contribution in [3.63, 3.8) is 0 Å². The van der Waals surface area contributed by atoms with Crippen LogP contribution >= 0.6 is 11.6 Å². The van der Waals surface area contributed by atoms with E-state index in [1.807, 2.05) is 57.2 Å². The number of fused-ring (bicyclic) bond motifs is 1. The number of aryl methyl sites for hydroxylation is 1. The number of Topliss-reactive ketones (excluding diaryl/α,β-unsaturated/α-hetero) is 1. The summed E-state index contributed by atoms with van der Waals surface area (Å²) in [5.41, 5.74) is 5.45. The highest BCUT2D eigenvalue weighted by molar-refractivity contribution is 6.29. The summed E-state index contributed by atoms with van der Waals surface area (Å²) in [6.07, 6.45) is 2.24.